The molecular formula is C20H21N3O3S. The Labute approximate surface area is 163 Å². The van der Waals surface area contributed by atoms with E-state index in [1.54, 1.807) is 18.2 Å². The number of hydrogen-bond donors (Lipinski definition) is 2. The number of amides is 1. The number of rotatable bonds is 3. The molecule has 0 spiro atoms. The van der Waals surface area contributed by atoms with Gasteiger partial charge in [-0.1, -0.05) is 12.1 Å². The summed E-state index contributed by atoms with van der Waals surface area (Å²) in [6, 6.07) is 13.1. The number of ether oxygens (including phenoxy) is 2. The van der Waals surface area contributed by atoms with Gasteiger partial charge in [-0.15, -0.1) is 0 Å². The molecule has 140 valence electrons. The van der Waals surface area contributed by atoms with Crippen LogP contribution in [-0.4, -0.2) is 30.9 Å². The monoisotopic (exact) mass is 383 g/mol. The maximum Gasteiger partial charge on any atom is 0.257 e. The summed E-state index contributed by atoms with van der Waals surface area (Å²) in [5.41, 5.74) is 2.47. The predicted octanol–water partition coefficient (Wildman–Crippen LogP) is 3.53. The van der Waals surface area contributed by atoms with Crippen molar-refractivity contribution in [3.05, 3.63) is 48.0 Å². The number of fused-ring (bicyclic) bond motifs is 1. The zero-order valence-electron chi connectivity index (χ0n) is 14.9. The summed E-state index contributed by atoms with van der Waals surface area (Å²) in [4.78, 5) is 14.8. The molecule has 7 heteroatoms. The van der Waals surface area contributed by atoms with Crippen molar-refractivity contribution < 1.29 is 14.3 Å². The van der Waals surface area contributed by atoms with Crippen molar-refractivity contribution in [1.82, 2.24) is 5.32 Å². The summed E-state index contributed by atoms with van der Waals surface area (Å²) in [7, 11) is 0. The highest BCUT2D eigenvalue weighted by molar-refractivity contribution is 7.80. The molecule has 1 saturated heterocycles. The Kier molecular flexibility index (Phi) is 5.11. The smallest absolute Gasteiger partial charge is 0.257 e. The van der Waals surface area contributed by atoms with Crippen molar-refractivity contribution in [2.75, 3.05) is 30.1 Å². The third-order valence-corrected chi connectivity index (χ3v) is 4.91. The standard InChI is InChI=1S/C20H21N3O3S/c24-19(14-8-9-17-18(12-14)26-13-25-17)22-20(27)21-15-6-2-3-7-16(15)23-10-4-1-5-11-23/h2-3,6-9,12H,1,4-5,10-11,13H2,(H2,21,22,24,27). The Morgan fingerprint density at radius 1 is 1.00 bits per heavy atom. The molecule has 0 atom stereocenters. The summed E-state index contributed by atoms with van der Waals surface area (Å²) in [5, 5.41) is 6.16. The van der Waals surface area contributed by atoms with Gasteiger partial charge >= 0.3 is 0 Å². The van der Waals surface area contributed by atoms with Gasteiger partial charge in [-0.05, 0) is 61.8 Å². The molecular weight excluding hydrogens is 362 g/mol. The lowest BCUT2D eigenvalue weighted by molar-refractivity contribution is 0.0977. The Hall–Kier alpha value is -2.80. The van der Waals surface area contributed by atoms with E-state index in [9.17, 15) is 4.79 Å². The topological polar surface area (TPSA) is 62.8 Å². The molecule has 0 unspecified atom stereocenters. The molecule has 2 N–H and O–H groups in total. The van der Waals surface area contributed by atoms with Gasteiger partial charge < -0.3 is 19.7 Å². The van der Waals surface area contributed by atoms with Crippen LogP contribution in [0.1, 0.15) is 29.6 Å². The van der Waals surface area contributed by atoms with E-state index in [4.69, 9.17) is 21.7 Å². The zero-order valence-corrected chi connectivity index (χ0v) is 15.7. The molecule has 27 heavy (non-hydrogen) atoms. The lowest BCUT2D eigenvalue weighted by atomic mass is 10.1. The van der Waals surface area contributed by atoms with Crippen molar-refractivity contribution in [2.45, 2.75) is 19.3 Å². The van der Waals surface area contributed by atoms with Gasteiger partial charge in [-0.2, -0.15) is 0 Å². The third-order valence-electron chi connectivity index (χ3n) is 4.71. The number of anilines is 2. The van der Waals surface area contributed by atoms with Crippen molar-refractivity contribution in [3.63, 3.8) is 0 Å². The molecule has 2 heterocycles. The van der Waals surface area contributed by atoms with Crippen LogP contribution in [0, 0.1) is 0 Å². The van der Waals surface area contributed by atoms with Crippen molar-refractivity contribution in [1.29, 1.82) is 0 Å². The van der Waals surface area contributed by atoms with Gasteiger partial charge in [0.25, 0.3) is 5.91 Å². The minimum Gasteiger partial charge on any atom is -0.454 e. The normalized spacial score (nSPS) is 15.3. The van der Waals surface area contributed by atoms with Gasteiger partial charge in [0.15, 0.2) is 16.6 Å². The number of nitrogens with zero attached hydrogens (tertiary/aromatic N) is 1. The van der Waals surface area contributed by atoms with Crippen LogP contribution in [0.3, 0.4) is 0 Å². The molecule has 4 rings (SSSR count). The Morgan fingerprint density at radius 3 is 2.63 bits per heavy atom. The maximum absolute atomic E-state index is 12.5. The van der Waals surface area contributed by atoms with Gasteiger partial charge in [-0.3, -0.25) is 10.1 Å². The minimum absolute atomic E-state index is 0.174. The number of nitrogens with one attached hydrogen (secondary N) is 2. The fourth-order valence-corrected chi connectivity index (χ4v) is 3.56. The molecule has 0 saturated carbocycles. The van der Waals surface area contributed by atoms with E-state index in [1.807, 2.05) is 18.2 Å². The van der Waals surface area contributed by atoms with Crippen LogP contribution in [0.4, 0.5) is 11.4 Å². The first kappa shape index (κ1) is 17.6. The van der Waals surface area contributed by atoms with Gasteiger partial charge in [0.1, 0.15) is 0 Å². The van der Waals surface area contributed by atoms with Crippen LogP contribution in [0.5, 0.6) is 11.5 Å². The predicted molar refractivity (Wildman–Crippen MR) is 109 cm³/mol. The highest BCUT2D eigenvalue weighted by atomic mass is 32.1. The Morgan fingerprint density at radius 2 is 1.78 bits per heavy atom. The largest absolute Gasteiger partial charge is 0.454 e. The van der Waals surface area contributed by atoms with Gasteiger partial charge in [-0.25, -0.2) is 0 Å². The average Bonchev–Trinajstić information content (AvgIpc) is 3.17. The zero-order chi connectivity index (χ0) is 18.6. The first-order valence-electron chi connectivity index (χ1n) is 9.07. The molecule has 0 bridgehead atoms. The molecule has 0 aliphatic carbocycles. The summed E-state index contributed by atoms with van der Waals surface area (Å²) >= 11 is 5.36. The minimum atomic E-state index is -0.291. The van der Waals surface area contributed by atoms with Crippen molar-refractivity contribution >= 4 is 34.6 Å². The Balaban J connectivity index is 1.43. The highest BCUT2D eigenvalue weighted by Gasteiger charge is 2.18. The van der Waals surface area contributed by atoms with Crippen LogP contribution in [0.25, 0.3) is 0 Å². The van der Waals surface area contributed by atoms with E-state index in [0.717, 1.165) is 24.5 Å². The second-order valence-electron chi connectivity index (χ2n) is 6.54. The first-order chi connectivity index (χ1) is 13.2. The van der Waals surface area contributed by atoms with Crippen LogP contribution >= 0.6 is 12.2 Å². The Bertz CT molecular complexity index is 865. The van der Waals surface area contributed by atoms with E-state index in [0.29, 0.717) is 17.1 Å². The number of thiocarbonyl (C=S) groups is 1. The van der Waals surface area contributed by atoms with E-state index in [-0.39, 0.29) is 17.8 Å². The summed E-state index contributed by atoms with van der Waals surface area (Å²) in [6.07, 6.45) is 3.66. The number of para-hydroxylation sites is 2. The fourth-order valence-electron chi connectivity index (χ4n) is 3.36. The molecule has 6 nitrogen and oxygen atoms in total. The van der Waals surface area contributed by atoms with Crippen LogP contribution in [0.2, 0.25) is 0 Å². The summed E-state index contributed by atoms with van der Waals surface area (Å²) < 4.78 is 10.6. The number of carbonyl (C=O) groups excluding carboxylic acids is 1. The summed E-state index contributed by atoms with van der Waals surface area (Å²) in [6.45, 7) is 2.25. The SMILES string of the molecule is O=C(NC(=S)Nc1ccccc1N1CCCCC1)c1ccc2c(c1)OCO2. The number of carbonyl (C=O) groups is 1. The quantitative estimate of drug-likeness (QED) is 0.791. The first-order valence-corrected chi connectivity index (χ1v) is 9.47. The van der Waals surface area contributed by atoms with Crippen LogP contribution < -0.4 is 25.0 Å². The molecule has 2 aromatic rings. The van der Waals surface area contributed by atoms with E-state index < -0.39 is 0 Å². The number of piperidine rings is 1. The number of hydrogen-bond acceptors (Lipinski definition) is 5. The molecule has 1 amide bonds. The van der Waals surface area contributed by atoms with E-state index >= 15 is 0 Å². The van der Waals surface area contributed by atoms with Crippen molar-refractivity contribution in [3.8, 4) is 11.5 Å². The van der Waals surface area contributed by atoms with E-state index in [2.05, 4.69) is 21.6 Å². The van der Waals surface area contributed by atoms with Gasteiger partial charge in [0.2, 0.25) is 6.79 Å². The fraction of sp³-hybridized carbons (Fsp3) is 0.300. The average molecular weight is 383 g/mol. The second kappa shape index (κ2) is 7.84. The van der Waals surface area contributed by atoms with Crippen molar-refractivity contribution in [2.24, 2.45) is 0 Å². The highest BCUT2D eigenvalue weighted by Crippen LogP contribution is 2.32. The molecule has 0 aromatic heterocycles. The van der Waals surface area contributed by atoms with Crippen LogP contribution in [0.15, 0.2) is 42.5 Å². The van der Waals surface area contributed by atoms with E-state index in [1.165, 1.54) is 19.3 Å². The second-order valence-corrected chi connectivity index (χ2v) is 6.95. The molecule has 2 aliphatic heterocycles. The molecule has 2 aromatic carbocycles. The van der Waals surface area contributed by atoms with Gasteiger partial charge in [0, 0.05) is 18.7 Å². The molecule has 1 fully saturated rings. The third kappa shape index (κ3) is 3.98. The maximum atomic E-state index is 12.5. The van der Waals surface area contributed by atoms with Gasteiger partial charge in [0.05, 0.1) is 11.4 Å². The number of benzene rings is 2. The molecule has 0 radical (unpaired) electrons. The molecule has 2 aliphatic rings. The van der Waals surface area contributed by atoms with Crippen LogP contribution in [-0.2, 0) is 0 Å². The lowest BCUT2D eigenvalue weighted by Gasteiger charge is -2.30. The summed E-state index contributed by atoms with van der Waals surface area (Å²) in [5.74, 6) is 0.918. The lowest BCUT2D eigenvalue weighted by Crippen LogP contribution is -2.35.